The van der Waals surface area contributed by atoms with Gasteiger partial charge in [0.15, 0.2) is 0 Å². The summed E-state index contributed by atoms with van der Waals surface area (Å²) in [7, 11) is 0. The van der Waals surface area contributed by atoms with Crippen LogP contribution in [-0.2, 0) is 9.59 Å². The molecule has 4 heteroatoms. The van der Waals surface area contributed by atoms with Gasteiger partial charge in [0.05, 0.1) is 0 Å². The van der Waals surface area contributed by atoms with E-state index in [2.05, 4.69) is 19.2 Å². The summed E-state index contributed by atoms with van der Waals surface area (Å²) in [6.07, 6.45) is 5.49. The van der Waals surface area contributed by atoms with Gasteiger partial charge in [0.25, 0.3) is 0 Å². The van der Waals surface area contributed by atoms with Gasteiger partial charge in [-0.15, -0.1) is 0 Å². The Morgan fingerprint density at radius 1 is 1.25 bits per heavy atom. The second-order valence-electron chi connectivity index (χ2n) is 6.41. The molecule has 1 heterocycles. The van der Waals surface area contributed by atoms with E-state index in [0.29, 0.717) is 18.8 Å². The number of carbonyl (C=O) groups is 2. The number of hydrogen-bond donors (Lipinski definition) is 1. The fraction of sp³-hybridized carbons (Fsp3) is 0.875. The van der Waals surface area contributed by atoms with Crippen molar-refractivity contribution in [3.8, 4) is 0 Å². The van der Waals surface area contributed by atoms with Crippen LogP contribution in [0.3, 0.4) is 0 Å². The number of rotatable bonds is 6. The molecule has 0 spiro atoms. The van der Waals surface area contributed by atoms with Crippen molar-refractivity contribution in [3.63, 3.8) is 0 Å². The molecule has 0 aromatic carbocycles. The molecule has 1 aliphatic carbocycles. The minimum atomic E-state index is -0.676. The molecule has 0 aromatic rings. The quantitative estimate of drug-likeness (QED) is 0.812. The molecule has 2 amide bonds. The lowest BCUT2D eigenvalue weighted by molar-refractivity contribution is -0.159. The van der Waals surface area contributed by atoms with E-state index in [9.17, 15) is 9.59 Å². The van der Waals surface area contributed by atoms with Gasteiger partial charge in [0, 0.05) is 6.04 Å². The molecule has 0 bridgehead atoms. The lowest BCUT2D eigenvalue weighted by Gasteiger charge is -2.48. The van der Waals surface area contributed by atoms with Crippen molar-refractivity contribution in [2.24, 2.45) is 5.92 Å². The molecule has 2 unspecified atom stereocenters. The normalized spacial score (nSPS) is 27.4. The predicted octanol–water partition coefficient (Wildman–Crippen LogP) is 2.47. The highest BCUT2D eigenvalue weighted by molar-refractivity contribution is 6.00. The van der Waals surface area contributed by atoms with Crippen molar-refractivity contribution < 1.29 is 9.59 Å². The summed E-state index contributed by atoms with van der Waals surface area (Å²) in [5.74, 6) is 0.587. The minimum absolute atomic E-state index is 0.0683. The summed E-state index contributed by atoms with van der Waals surface area (Å²) in [4.78, 5) is 27.5. The molecule has 2 atom stereocenters. The highest BCUT2D eigenvalue weighted by atomic mass is 16.2. The van der Waals surface area contributed by atoms with Crippen LogP contribution in [0.1, 0.15) is 66.2 Å². The molecule has 2 fully saturated rings. The highest BCUT2D eigenvalue weighted by Gasteiger charge is 2.54. The summed E-state index contributed by atoms with van der Waals surface area (Å²) >= 11 is 0. The molecule has 20 heavy (non-hydrogen) atoms. The zero-order chi connectivity index (χ0) is 14.9. The molecular weight excluding hydrogens is 252 g/mol. The Labute approximate surface area is 122 Å². The van der Waals surface area contributed by atoms with Gasteiger partial charge in [-0.1, -0.05) is 27.2 Å². The van der Waals surface area contributed by atoms with E-state index in [0.717, 1.165) is 25.7 Å². The number of carbonyl (C=O) groups excluding carboxylic acids is 2. The third-order valence-electron chi connectivity index (χ3n) is 5.03. The maximum atomic E-state index is 13.0. The molecule has 1 N–H and O–H groups in total. The zero-order valence-electron chi connectivity index (χ0n) is 13.2. The van der Waals surface area contributed by atoms with Crippen LogP contribution in [0, 0.1) is 5.92 Å². The fourth-order valence-corrected chi connectivity index (χ4v) is 3.48. The van der Waals surface area contributed by atoms with Crippen LogP contribution in [0.15, 0.2) is 0 Å². The summed E-state index contributed by atoms with van der Waals surface area (Å²) in [6, 6.07) is -0.0723. The van der Waals surface area contributed by atoms with E-state index in [1.54, 1.807) is 0 Å². The van der Waals surface area contributed by atoms with Gasteiger partial charge in [-0.3, -0.25) is 9.59 Å². The Kier molecular flexibility index (Phi) is 4.40. The van der Waals surface area contributed by atoms with Crippen molar-refractivity contribution in [1.82, 2.24) is 10.2 Å². The highest BCUT2D eigenvalue weighted by Crippen LogP contribution is 2.40. The maximum Gasteiger partial charge on any atom is 0.249 e. The number of nitrogens with zero attached hydrogens (tertiary/aromatic N) is 1. The number of nitrogens with one attached hydrogen (secondary N) is 1. The molecule has 1 saturated carbocycles. The standard InChI is InChI=1S/C16H28N2O2/c1-5-8-11(4)18-13(12-9-10-12)14(19)17-16(6-2,7-3)15(18)20/h11-13H,5-10H2,1-4H3,(H,17,19). The van der Waals surface area contributed by atoms with Gasteiger partial charge in [0.2, 0.25) is 11.8 Å². The zero-order valence-corrected chi connectivity index (χ0v) is 13.2. The van der Waals surface area contributed by atoms with Crippen LogP contribution in [0.4, 0.5) is 0 Å². The van der Waals surface area contributed by atoms with E-state index in [1.165, 1.54) is 0 Å². The van der Waals surface area contributed by atoms with Gasteiger partial charge in [-0.25, -0.2) is 0 Å². The number of hydrogen-bond acceptors (Lipinski definition) is 2. The van der Waals surface area contributed by atoms with Crippen LogP contribution < -0.4 is 5.32 Å². The van der Waals surface area contributed by atoms with Crippen LogP contribution >= 0.6 is 0 Å². The van der Waals surface area contributed by atoms with Gasteiger partial charge in [-0.05, 0) is 44.9 Å². The first kappa shape index (κ1) is 15.3. The summed E-state index contributed by atoms with van der Waals surface area (Å²) < 4.78 is 0. The molecule has 0 radical (unpaired) electrons. The molecule has 2 rings (SSSR count). The molecule has 1 aliphatic heterocycles. The Morgan fingerprint density at radius 2 is 1.85 bits per heavy atom. The van der Waals surface area contributed by atoms with E-state index in [1.807, 2.05) is 18.7 Å². The van der Waals surface area contributed by atoms with Crippen molar-refractivity contribution in [2.45, 2.75) is 83.8 Å². The first-order chi connectivity index (χ1) is 9.50. The maximum absolute atomic E-state index is 13.0. The first-order valence-corrected chi connectivity index (χ1v) is 8.15. The molecule has 2 aliphatic rings. The average Bonchev–Trinajstić information content (AvgIpc) is 3.25. The summed E-state index contributed by atoms with van der Waals surface area (Å²) in [5, 5.41) is 3.05. The van der Waals surface area contributed by atoms with Crippen LogP contribution in [0.25, 0.3) is 0 Å². The summed E-state index contributed by atoms with van der Waals surface area (Å²) in [6.45, 7) is 8.19. The first-order valence-electron chi connectivity index (χ1n) is 8.15. The van der Waals surface area contributed by atoms with E-state index in [4.69, 9.17) is 0 Å². The largest absolute Gasteiger partial charge is 0.340 e. The molecule has 1 saturated heterocycles. The topological polar surface area (TPSA) is 49.4 Å². The van der Waals surface area contributed by atoms with E-state index < -0.39 is 5.54 Å². The van der Waals surface area contributed by atoms with Gasteiger partial charge >= 0.3 is 0 Å². The lowest BCUT2D eigenvalue weighted by Crippen LogP contribution is -2.72. The molecule has 114 valence electrons. The Hall–Kier alpha value is -1.06. The Morgan fingerprint density at radius 3 is 2.30 bits per heavy atom. The second kappa shape index (κ2) is 5.74. The predicted molar refractivity (Wildman–Crippen MR) is 79.2 cm³/mol. The molecule has 4 nitrogen and oxygen atoms in total. The fourth-order valence-electron chi connectivity index (χ4n) is 3.48. The average molecular weight is 280 g/mol. The number of amides is 2. The molecular formula is C16H28N2O2. The summed E-state index contributed by atoms with van der Waals surface area (Å²) in [5.41, 5.74) is -0.676. The number of piperazine rings is 1. The second-order valence-corrected chi connectivity index (χ2v) is 6.41. The van der Waals surface area contributed by atoms with E-state index in [-0.39, 0.29) is 23.9 Å². The lowest BCUT2D eigenvalue weighted by atomic mass is 9.85. The van der Waals surface area contributed by atoms with Crippen LogP contribution in [-0.4, -0.2) is 34.3 Å². The third-order valence-corrected chi connectivity index (χ3v) is 5.03. The van der Waals surface area contributed by atoms with Crippen molar-refractivity contribution >= 4 is 11.8 Å². The Balaban J connectivity index is 2.33. The van der Waals surface area contributed by atoms with Gasteiger partial charge in [-0.2, -0.15) is 0 Å². The third kappa shape index (κ3) is 2.45. The SMILES string of the molecule is CCCC(C)N1C(=O)C(CC)(CC)NC(=O)C1C1CC1. The van der Waals surface area contributed by atoms with E-state index >= 15 is 0 Å². The van der Waals surface area contributed by atoms with Crippen molar-refractivity contribution in [3.05, 3.63) is 0 Å². The minimum Gasteiger partial charge on any atom is -0.340 e. The van der Waals surface area contributed by atoms with Crippen LogP contribution in [0.2, 0.25) is 0 Å². The van der Waals surface area contributed by atoms with Gasteiger partial charge < -0.3 is 10.2 Å². The van der Waals surface area contributed by atoms with Crippen molar-refractivity contribution in [2.75, 3.05) is 0 Å². The smallest absolute Gasteiger partial charge is 0.249 e. The Bertz CT molecular complexity index is 386. The molecule has 0 aromatic heterocycles. The monoisotopic (exact) mass is 280 g/mol. The van der Waals surface area contributed by atoms with Crippen molar-refractivity contribution in [1.29, 1.82) is 0 Å². The van der Waals surface area contributed by atoms with Gasteiger partial charge in [0.1, 0.15) is 11.6 Å². The van der Waals surface area contributed by atoms with Crippen LogP contribution in [0.5, 0.6) is 0 Å².